The first kappa shape index (κ1) is 14.0. The highest BCUT2D eigenvalue weighted by Crippen LogP contribution is 2.15. The Bertz CT molecular complexity index is 315. The molecule has 0 spiro atoms. The van der Waals surface area contributed by atoms with Gasteiger partial charge < -0.3 is 15.2 Å². The van der Waals surface area contributed by atoms with Crippen molar-refractivity contribution in [3.05, 3.63) is 29.8 Å². The standard InChI is InChI=1S/C14H23NO2/c1-3-13(15)10-12-6-4-7-14(11-12)17-9-5-8-16-2/h4,6-7,11,13H,3,5,8-10,15H2,1-2H3. The molecule has 0 fully saturated rings. The summed E-state index contributed by atoms with van der Waals surface area (Å²) in [5.74, 6) is 0.918. The van der Waals surface area contributed by atoms with Gasteiger partial charge in [0.15, 0.2) is 0 Å². The van der Waals surface area contributed by atoms with E-state index in [9.17, 15) is 0 Å². The lowest BCUT2D eigenvalue weighted by Gasteiger charge is -2.11. The summed E-state index contributed by atoms with van der Waals surface area (Å²) in [5, 5.41) is 0. The van der Waals surface area contributed by atoms with Crippen LogP contribution in [0.2, 0.25) is 0 Å². The van der Waals surface area contributed by atoms with Crippen LogP contribution in [-0.4, -0.2) is 26.4 Å². The molecule has 0 aromatic heterocycles. The van der Waals surface area contributed by atoms with E-state index in [0.29, 0.717) is 6.61 Å². The van der Waals surface area contributed by atoms with Gasteiger partial charge in [0, 0.05) is 26.2 Å². The predicted molar refractivity (Wildman–Crippen MR) is 70.4 cm³/mol. The predicted octanol–water partition coefficient (Wildman–Crippen LogP) is 2.38. The van der Waals surface area contributed by atoms with Crippen molar-refractivity contribution in [2.24, 2.45) is 5.73 Å². The topological polar surface area (TPSA) is 44.5 Å². The van der Waals surface area contributed by atoms with Crippen LogP contribution in [0.1, 0.15) is 25.3 Å². The average molecular weight is 237 g/mol. The monoisotopic (exact) mass is 237 g/mol. The van der Waals surface area contributed by atoms with Gasteiger partial charge in [0.05, 0.1) is 6.61 Å². The van der Waals surface area contributed by atoms with Gasteiger partial charge in [0.25, 0.3) is 0 Å². The number of methoxy groups -OCH3 is 1. The van der Waals surface area contributed by atoms with E-state index < -0.39 is 0 Å². The van der Waals surface area contributed by atoms with Crippen LogP contribution in [0.25, 0.3) is 0 Å². The zero-order valence-corrected chi connectivity index (χ0v) is 10.8. The van der Waals surface area contributed by atoms with Crippen LogP contribution >= 0.6 is 0 Å². The third kappa shape index (κ3) is 5.71. The summed E-state index contributed by atoms with van der Waals surface area (Å²) in [5.41, 5.74) is 7.18. The highest BCUT2D eigenvalue weighted by Gasteiger charge is 2.02. The molecular weight excluding hydrogens is 214 g/mol. The quantitative estimate of drug-likeness (QED) is 0.706. The molecule has 17 heavy (non-hydrogen) atoms. The van der Waals surface area contributed by atoms with Crippen LogP contribution in [0.15, 0.2) is 24.3 Å². The molecule has 0 amide bonds. The van der Waals surface area contributed by atoms with Crippen LogP contribution in [0.3, 0.4) is 0 Å². The van der Waals surface area contributed by atoms with E-state index in [-0.39, 0.29) is 6.04 Å². The fourth-order valence-electron chi connectivity index (χ4n) is 1.60. The lowest BCUT2D eigenvalue weighted by molar-refractivity contribution is 0.172. The number of ether oxygens (including phenoxy) is 2. The Hall–Kier alpha value is -1.06. The third-order valence-electron chi connectivity index (χ3n) is 2.68. The van der Waals surface area contributed by atoms with E-state index in [4.69, 9.17) is 15.2 Å². The van der Waals surface area contributed by atoms with Crippen LogP contribution in [0.4, 0.5) is 0 Å². The molecule has 0 saturated carbocycles. The average Bonchev–Trinajstić information content (AvgIpc) is 2.35. The van der Waals surface area contributed by atoms with Crippen molar-refractivity contribution in [2.45, 2.75) is 32.2 Å². The largest absolute Gasteiger partial charge is 0.493 e. The fraction of sp³-hybridized carbons (Fsp3) is 0.571. The van der Waals surface area contributed by atoms with E-state index in [0.717, 1.165) is 31.6 Å². The first-order valence-corrected chi connectivity index (χ1v) is 6.22. The molecule has 96 valence electrons. The highest BCUT2D eigenvalue weighted by atomic mass is 16.5. The lowest BCUT2D eigenvalue weighted by Crippen LogP contribution is -2.21. The summed E-state index contributed by atoms with van der Waals surface area (Å²) in [6.45, 7) is 3.54. The highest BCUT2D eigenvalue weighted by molar-refractivity contribution is 5.29. The third-order valence-corrected chi connectivity index (χ3v) is 2.68. The van der Waals surface area contributed by atoms with Gasteiger partial charge in [0.2, 0.25) is 0 Å². The second-order valence-corrected chi connectivity index (χ2v) is 4.21. The summed E-state index contributed by atoms with van der Waals surface area (Å²) < 4.78 is 10.6. The molecule has 1 aromatic rings. The molecule has 3 nitrogen and oxygen atoms in total. The number of hydrogen-bond donors (Lipinski definition) is 1. The Morgan fingerprint density at radius 3 is 2.82 bits per heavy atom. The number of benzene rings is 1. The van der Waals surface area contributed by atoms with Gasteiger partial charge in [-0.05, 0) is 30.5 Å². The van der Waals surface area contributed by atoms with Crippen molar-refractivity contribution in [2.75, 3.05) is 20.3 Å². The van der Waals surface area contributed by atoms with E-state index in [1.54, 1.807) is 7.11 Å². The smallest absolute Gasteiger partial charge is 0.119 e. The van der Waals surface area contributed by atoms with Gasteiger partial charge >= 0.3 is 0 Å². The van der Waals surface area contributed by atoms with Crippen LogP contribution < -0.4 is 10.5 Å². The maximum Gasteiger partial charge on any atom is 0.119 e. The van der Waals surface area contributed by atoms with Crippen molar-refractivity contribution in [3.63, 3.8) is 0 Å². The summed E-state index contributed by atoms with van der Waals surface area (Å²) in [7, 11) is 1.70. The van der Waals surface area contributed by atoms with Gasteiger partial charge in [-0.3, -0.25) is 0 Å². The molecule has 1 rings (SSSR count). The maximum atomic E-state index is 5.94. The summed E-state index contributed by atoms with van der Waals surface area (Å²) in [4.78, 5) is 0. The first-order chi connectivity index (χ1) is 8.26. The van der Waals surface area contributed by atoms with Gasteiger partial charge in [-0.1, -0.05) is 19.1 Å². The molecule has 0 aliphatic rings. The number of nitrogens with two attached hydrogens (primary N) is 1. The van der Waals surface area contributed by atoms with E-state index in [1.165, 1.54) is 5.56 Å². The zero-order chi connectivity index (χ0) is 12.5. The normalized spacial score (nSPS) is 12.4. The maximum absolute atomic E-state index is 5.94. The van der Waals surface area contributed by atoms with Crippen molar-refractivity contribution in [1.29, 1.82) is 0 Å². The Balaban J connectivity index is 2.42. The van der Waals surface area contributed by atoms with Crippen molar-refractivity contribution in [1.82, 2.24) is 0 Å². The minimum atomic E-state index is 0.235. The Kier molecular flexibility index (Phi) is 6.67. The van der Waals surface area contributed by atoms with Crippen molar-refractivity contribution < 1.29 is 9.47 Å². The van der Waals surface area contributed by atoms with Crippen LogP contribution in [0.5, 0.6) is 5.75 Å². The second kappa shape index (κ2) is 8.09. The number of rotatable bonds is 8. The minimum Gasteiger partial charge on any atom is -0.493 e. The molecule has 0 saturated heterocycles. The van der Waals surface area contributed by atoms with Crippen LogP contribution in [0, 0.1) is 0 Å². The summed E-state index contributed by atoms with van der Waals surface area (Å²) >= 11 is 0. The van der Waals surface area contributed by atoms with Crippen molar-refractivity contribution in [3.8, 4) is 5.75 Å². The zero-order valence-electron chi connectivity index (χ0n) is 10.8. The molecule has 0 bridgehead atoms. The molecule has 3 heteroatoms. The van der Waals surface area contributed by atoms with Gasteiger partial charge in [0.1, 0.15) is 5.75 Å². The van der Waals surface area contributed by atoms with E-state index in [2.05, 4.69) is 19.1 Å². The molecule has 0 heterocycles. The van der Waals surface area contributed by atoms with Gasteiger partial charge in [-0.2, -0.15) is 0 Å². The number of hydrogen-bond acceptors (Lipinski definition) is 3. The molecule has 0 aliphatic carbocycles. The Labute approximate surface area is 104 Å². The van der Waals surface area contributed by atoms with Gasteiger partial charge in [-0.15, -0.1) is 0 Å². The first-order valence-electron chi connectivity index (χ1n) is 6.22. The lowest BCUT2D eigenvalue weighted by atomic mass is 10.0. The second-order valence-electron chi connectivity index (χ2n) is 4.21. The van der Waals surface area contributed by atoms with Crippen LogP contribution in [-0.2, 0) is 11.2 Å². The van der Waals surface area contributed by atoms with E-state index >= 15 is 0 Å². The molecule has 2 N–H and O–H groups in total. The minimum absolute atomic E-state index is 0.235. The molecule has 1 aromatic carbocycles. The molecule has 1 unspecified atom stereocenters. The van der Waals surface area contributed by atoms with Gasteiger partial charge in [-0.25, -0.2) is 0 Å². The fourth-order valence-corrected chi connectivity index (χ4v) is 1.60. The Morgan fingerprint density at radius 1 is 1.29 bits per heavy atom. The summed E-state index contributed by atoms with van der Waals surface area (Å²) in [6.07, 6.45) is 2.82. The molecule has 0 radical (unpaired) electrons. The summed E-state index contributed by atoms with van der Waals surface area (Å²) in [6, 6.07) is 8.40. The molecule has 1 atom stereocenters. The Morgan fingerprint density at radius 2 is 2.12 bits per heavy atom. The molecular formula is C14H23NO2. The SMILES string of the molecule is CCC(N)Cc1cccc(OCCCOC)c1. The van der Waals surface area contributed by atoms with E-state index in [1.807, 2.05) is 12.1 Å². The van der Waals surface area contributed by atoms with Crippen molar-refractivity contribution >= 4 is 0 Å². The molecule has 0 aliphatic heterocycles.